The fraction of sp³-hybridized carbons (Fsp3) is 0.389. The van der Waals surface area contributed by atoms with Crippen LogP contribution in [-0.4, -0.2) is 24.3 Å². The SMILES string of the molecule is C[C@H](NCc1ccnc(O[C@@H]2CCOC2)c1)c1cccc(F)c1. The topological polar surface area (TPSA) is 43.4 Å². The summed E-state index contributed by atoms with van der Waals surface area (Å²) >= 11 is 0. The Kier molecular flexibility index (Phi) is 5.20. The van der Waals surface area contributed by atoms with Crippen molar-refractivity contribution in [3.8, 4) is 5.88 Å². The Morgan fingerprint density at radius 1 is 1.39 bits per heavy atom. The first kappa shape index (κ1) is 15.9. The Labute approximate surface area is 135 Å². The van der Waals surface area contributed by atoms with E-state index in [0.717, 1.165) is 24.2 Å². The average molecular weight is 316 g/mol. The summed E-state index contributed by atoms with van der Waals surface area (Å²) in [6.07, 6.45) is 2.74. The zero-order valence-electron chi connectivity index (χ0n) is 13.2. The van der Waals surface area contributed by atoms with Crippen molar-refractivity contribution in [1.82, 2.24) is 10.3 Å². The highest BCUT2D eigenvalue weighted by molar-refractivity contribution is 5.22. The summed E-state index contributed by atoms with van der Waals surface area (Å²) in [6.45, 7) is 4.05. The maximum Gasteiger partial charge on any atom is 0.213 e. The van der Waals surface area contributed by atoms with E-state index in [0.29, 0.717) is 19.0 Å². The second kappa shape index (κ2) is 7.53. The Hall–Kier alpha value is -1.98. The van der Waals surface area contributed by atoms with E-state index in [1.807, 2.05) is 25.1 Å². The number of ether oxygens (including phenoxy) is 2. The van der Waals surface area contributed by atoms with Crippen LogP contribution in [0.5, 0.6) is 5.88 Å². The molecule has 1 aliphatic heterocycles. The van der Waals surface area contributed by atoms with Gasteiger partial charge in [-0.1, -0.05) is 12.1 Å². The summed E-state index contributed by atoms with van der Waals surface area (Å²) in [6, 6.07) is 10.6. The lowest BCUT2D eigenvalue weighted by Gasteiger charge is -2.15. The average Bonchev–Trinajstić information content (AvgIpc) is 3.06. The standard InChI is InChI=1S/C18H21FN2O2/c1-13(15-3-2-4-16(19)10-15)21-11-14-5-7-20-18(9-14)23-17-6-8-22-12-17/h2-5,7,9-10,13,17,21H,6,8,11-12H2,1H3/t13-,17+/m0/s1. The number of halogens is 1. The fourth-order valence-electron chi connectivity index (χ4n) is 2.57. The zero-order chi connectivity index (χ0) is 16.1. The molecule has 4 nitrogen and oxygen atoms in total. The molecule has 0 amide bonds. The number of rotatable bonds is 6. The van der Waals surface area contributed by atoms with E-state index in [9.17, 15) is 4.39 Å². The summed E-state index contributed by atoms with van der Waals surface area (Å²) in [7, 11) is 0. The largest absolute Gasteiger partial charge is 0.472 e. The molecule has 0 spiro atoms. The van der Waals surface area contributed by atoms with Crippen LogP contribution in [0.3, 0.4) is 0 Å². The summed E-state index contributed by atoms with van der Waals surface area (Å²) < 4.78 is 24.4. The molecular formula is C18H21FN2O2. The number of hydrogen-bond acceptors (Lipinski definition) is 4. The summed E-state index contributed by atoms with van der Waals surface area (Å²) in [5.74, 6) is 0.410. The minimum absolute atomic E-state index is 0.0615. The molecule has 122 valence electrons. The number of nitrogens with one attached hydrogen (secondary N) is 1. The second-order valence-corrected chi connectivity index (χ2v) is 5.76. The van der Waals surface area contributed by atoms with Gasteiger partial charge in [0.25, 0.3) is 0 Å². The third-order valence-electron chi connectivity index (χ3n) is 3.94. The first-order chi connectivity index (χ1) is 11.2. The molecule has 0 bridgehead atoms. The van der Waals surface area contributed by atoms with Gasteiger partial charge >= 0.3 is 0 Å². The van der Waals surface area contributed by atoms with E-state index >= 15 is 0 Å². The molecule has 1 N–H and O–H groups in total. The molecule has 1 saturated heterocycles. The molecule has 5 heteroatoms. The lowest BCUT2D eigenvalue weighted by Crippen LogP contribution is -2.19. The Morgan fingerprint density at radius 2 is 2.30 bits per heavy atom. The van der Waals surface area contributed by atoms with Gasteiger partial charge in [-0.3, -0.25) is 0 Å². The number of aromatic nitrogens is 1. The van der Waals surface area contributed by atoms with Crippen molar-refractivity contribution in [2.45, 2.75) is 32.0 Å². The van der Waals surface area contributed by atoms with Gasteiger partial charge in [-0.15, -0.1) is 0 Å². The van der Waals surface area contributed by atoms with Gasteiger partial charge in [0.05, 0.1) is 13.2 Å². The third kappa shape index (κ3) is 4.50. The normalized spacial score (nSPS) is 18.8. The number of benzene rings is 1. The quantitative estimate of drug-likeness (QED) is 0.888. The Balaban J connectivity index is 1.57. The van der Waals surface area contributed by atoms with Crippen molar-refractivity contribution >= 4 is 0 Å². The van der Waals surface area contributed by atoms with Crippen molar-refractivity contribution in [3.63, 3.8) is 0 Å². The highest BCUT2D eigenvalue weighted by atomic mass is 19.1. The van der Waals surface area contributed by atoms with Crippen molar-refractivity contribution in [1.29, 1.82) is 0 Å². The molecule has 0 aliphatic carbocycles. The van der Waals surface area contributed by atoms with E-state index in [1.54, 1.807) is 18.3 Å². The van der Waals surface area contributed by atoms with E-state index in [-0.39, 0.29) is 18.0 Å². The van der Waals surface area contributed by atoms with Gasteiger partial charge < -0.3 is 14.8 Å². The lowest BCUT2D eigenvalue weighted by atomic mass is 10.1. The molecule has 1 aromatic heterocycles. The molecule has 2 heterocycles. The monoisotopic (exact) mass is 316 g/mol. The Bertz CT molecular complexity index is 644. The van der Waals surface area contributed by atoms with Crippen LogP contribution in [0.2, 0.25) is 0 Å². The van der Waals surface area contributed by atoms with Gasteiger partial charge in [0.1, 0.15) is 11.9 Å². The number of hydrogen-bond donors (Lipinski definition) is 1. The van der Waals surface area contributed by atoms with E-state index in [4.69, 9.17) is 9.47 Å². The molecule has 23 heavy (non-hydrogen) atoms. The molecular weight excluding hydrogens is 295 g/mol. The molecule has 0 unspecified atom stereocenters. The number of nitrogens with zero attached hydrogens (tertiary/aromatic N) is 1. The Morgan fingerprint density at radius 3 is 3.09 bits per heavy atom. The molecule has 0 saturated carbocycles. The van der Waals surface area contributed by atoms with E-state index < -0.39 is 0 Å². The molecule has 1 aliphatic rings. The van der Waals surface area contributed by atoms with Gasteiger partial charge in [-0.05, 0) is 36.2 Å². The van der Waals surface area contributed by atoms with Crippen LogP contribution < -0.4 is 10.1 Å². The fourth-order valence-corrected chi connectivity index (χ4v) is 2.57. The van der Waals surface area contributed by atoms with Gasteiger partial charge in [0, 0.05) is 31.3 Å². The first-order valence-corrected chi connectivity index (χ1v) is 7.89. The third-order valence-corrected chi connectivity index (χ3v) is 3.94. The highest BCUT2D eigenvalue weighted by Gasteiger charge is 2.17. The van der Waals surface area contributed by atoms with Crippen LogP contribution in [-0.2, 0) is 11.3 Å². The molecule has 2 aromatic rings. The molecule has 1 aromatic carbocycles. The maximum absolute atomic E-state index is 13.3. The second-order valence-electron chi connectivity index (χ2n) is 5.76. The van der Waals surface area contributed by atoms with Crippen LogP contribution >= 0.6 is 0 Å². The summed E-state index contributed by atoms with van der Waals surface area (Å²) in [5, 5.41) is 3.39. The summed E-state index contributed by atoms with van der Waals surface area (Å²) in [5.41, 5.74) is 2.01. The summed E-state index contributed by atoms with van der Waals surface area (Å²) in [4.78, 5) is 4.24. The van der Waals surface area contributed by atoms with Crippen LogP contribution in [0.1, 0.15) is 30.5 Å². The molecule has 2 atom stereocenters. The van der Waals surface area contributed by atoms with Gasteiger partial charge in [0.15, 0.2) is 0 Å². The van der Waals surface area contributed by atoms with Gasteiger partial charge in [0.2, 0.25) is 5.88 Å². The van der Waals surface area contributed by atoms with Crippen LogP contribution in [0.25, 0.3) is 0 Å². The van der Waals surface area contributed by atoms with Crippen LogP contribution in [0.15, 0.2) is 42.6 Å². The van der Waals surface area contributed by atoms with Crippen LogP contribution in [0.4, 0.5) is 4.39 Å². The van der Waals surface area contributed by atoms with E-state index in [2.05, 4.69) is 10.3 Å². The maximum atomic E-state index is 13.3. The van der Waals surface area contributed by atoms with Crippen molar-refractivity contribution in [3.05, 3.63) is 59.5 Å². The molecule has 3 rings (SSSR count). The minimum Gasteiger partial charge on any atom is -0.472 e. The van der Waals surface area contributed by atoms with Crippen molar-refractivity contribution in [2.24, 2.45) is 0 Å². The smallest absolute Gasteiger partial charge is 0.213 e. The van der Waals surface area contributed by atoms with E-state index in [1.165, 1.54) is 6.07 Å². The number of pyridine rings is 1. The lowest BCUT2D eigenvalue weighted by molar-refractivity contribution is 0.138. The van der Waals surface area contributed by atoms with Gasteiger partial charge in [-0.2, -0.15) is 0 Å². The predicted octanol–water partition coefficient (Wildman–Crippen LogP) is 3.24. The van der Waals surface area contributed by atoms with Crippen LogP contribution in [0, 0.1) is 5.82 Å². The predicted molar refractivity (Wildman–Crippen MR) is 85.7 cm³/mol. The first-order valence-electron chi connectivity index (χ1n) is 7.89. The van der Waals surface area contributed by atoms with Crippen molar-refractivity contribution in [2.75, 3.05) is 13.2 Å². The van der Waals surface area contributed by atoms with Gasteiger partial charge in [-0.25, -0.2) is 9.37 Å². The highest BCUT2D eigenvalue weighted by Crippen LogP contribution is 2.17. The zero-order valence-corrected chi connectivity index (χ0v) is 13.2. The molecule has 1 fully saturated rings. The van der Waals surface area contributed by atoms with Crippen molar-refractivity contribution < 1.29 is 13.9 Å². The minimum atomic E-state index is -0.213. The molecule has 0 radical (unpaired) electrons.